The van der Waals surface area contributed by atoms with Crippen molar-refractivity contribution in [3.05, 3.63) is 32.0 Å². The molecule has 1 N–H and O–H groups in total. The summed E-state index contributed by atoms with van der Waals surface area (Å²) in [5.74, 6) is 0. The molecule has 0 amide bonds. The smallest absolute Gasteiger partial charge is 0.130 e. The predicted octanol–water partition coefficient (Wildman–Crippen LogP) is 3.74. The summed E-state index contributed by atoms with van der Waals surface area (Å²) < 4.78 is 1.74. The molecule has 1 unspecified atom stereocenters. The van der Waals surface area contributed by atoms with Crippen molar-refractivity contribution in [2.75, 3.05) is 6.54 Å². The normalized spacial score (nSPS) is 12.9. The van der Waals surface area contributed by atoms with Crippen LogP contribution in [-0.4, -0.2) is 21.3 Å². The molecule has 21 heavy (non-hydrogen) atoms. The van der Waals surface area contributed by atoms with Crippen molar-refractivity contribution in [2.45, 2.75) is 46.6 Å². The van der Waals surface area contributed by atoms with E-state index in [1.54, 1.807) is 16.0 Å². The van der Waals surface area contributed by atoms with Gasteiger partial charge in [0, 0.05) is 23.5 Å². The van der Waals surface area contributed by atoms with E-state index >= 15 is 0 Å². The second-order valence-electron chi connectivity index (χ2n) is 5.37. The monoisotopic (exact) mass is 326 g/mol. The van der Waals surface area contributed by atoms with Gasteiger partial charge >= 0.3 is 0 Å². The van der Waals surface area contributed by atoms with Crippen LogP contribution in [-0.2, 0) is 13.5 Å². The molecular weight excluding hydrogens is 304 g/mol. The maximum Gasteiger partial charge on any atom is 0.130 e. The molecule has 0 spiro atoms. The van der Waals surface area contributed by atoms with Crippen LogP contribution in [0.5, 0.6) is 0 Å². The number of hydrogen-bond donors (Lipinski definition) is 1. The highest BCUT2D eigenvalue weighted by Crippen LogP contribution is 2.30. The van der Waals surface area contributed by atoms with E-state index in [1.165, 1.54) is 4.88 Å². The fraction of sp³-hybridized carbons (Fsp3) is 0.600. The summed E-state index contributed by atoms with van der Waals surface area (Å²) in [7, 11) is 1.88. The van der Waals surface area contributed by atoms with Crippen LogP contribution in [0.4, 0.5) is 0 Å². The van der Waals surface area contributed by atoms with Crippen LogP contribution in [0.1, 0.15) is 46.2 Å². The number of halogens is 1. The first-order valence-electron chi connectivity index (χ1n) is 7.29. The van der Waals surface area contributed by atoms with Gasteiger partial charge in [-0.1, -0.05) is 18.5 Å². The Labute approximate surface area is 135 Å². The Kier molecular flexibility index (Phi) is 5.41. The van der Waals surface area contributed by atoms with Gasteiger partial charge in [-0.05, 0) is 40.2 Å². The maximum absolute atomic E-state index is 6.39. The maximum atomic E-state index is 6.39. The van der Waals surface area contributed by atoms with E-state index in [-0.39, 0.29) is 6.04 Å². The second-order valence-corrected chi connectivity index (χ2v) is 6.96. The lowest BCUT2D eigenvalue weighted by Crippen LogP contribution is -2.24. The molecule has 4 nitrogen and oxygen atoms in total. The minimum atomic E-state index is 0.247. The average Bonchev–Trinajstić information content (AvgIpc) is 2.87. The Hall–Kier alpha value is -0.910. The molecule has 0 bridgehead atoms. The number of thiazole rings is 1. The Morgan fingerprint density at radius 2 is 2.00 bits per heavy atom. The zero-order valence-corrected chi connectivity index (χ0v) is 14.9. The Bertz CT molecular complexity index is 617. The molecule has 0 aliphatic rings. The van der Waals surface area contributed by atoms with Crippen molar-refractivity contribution < 1.29 is 0 Å². The van der Waals surface area contributed by atoms with Gasteiger partial charge in [-0.3, -0.25) is 4.68 Å². The fourth-order valence-corrected chi connectivity index (χ4v) is 3.81. The van der Waals surface area contributed by atoms with E-state index in [4.69, 9.17) is 11.6 Å². The molecule has 0 aliphatic heterocycles. The van der Waals surface area contributed by atoms with E-state index in [0.717, 1.165) is 46.5 Å². The van der Waals surface area contributed by atoms with Crippen LogP contribution >= 0.6 is 22.9 Å². The third-order valence-corrected chi connectivity index (χ3v) is 5.23. The number of aryl methyl sites for hydroxylation is 4. The molecule has 116 valence electrons. The number of aromatic nitrogens is 3. The minimum absolute atomic E-state index is 0.247. The summed E-state index contributed by atoms with van der Waals surface area (Å²) in [4.78, 5) is 5.86. The van der Waals surface area contributed by atoms with Gasteiger partial charge in [0.1, 0.15) is 5.15 Å². The molecule has 2 rings (SSSR count). The highest BCUT2D eigenvalue weighted by atomic mass is 35.5. The molecule has 2 aromatic heterocycles. The summed E-state index contributed by atoms with van der Waals surface area (Å²) in [5.41, 5.74) is 3.24. The summed E-state index contributed by atoms with van der Waals surface area (Å²) in [6, 6.07) is 0.247. The molecule has 0 aromatic carbocycles. The Morgan fingerprint density at radius 1 is 1.29 bits per heavy atom. The van der Waals surface area contributed by atoms with Gasteiger partial charge in [0.25, 0.3) is 0 Å². The zero-order valence-electron chi connectivity index (χ0n) is 13.3. The lowest BCUT2D eigenvalue weighted by atomic mass is 10.0. The number of rotatable bonds is 6. The minimum Gasteiger partial charge on any atom is -0.309 e. The highest BCUT2D eigenvalue weighted by molar-refractivity contribution is 7.11. The topological polar surface area (TPSA) is 42.7 Å². The standard InChI is InChI=1S/C15H23ClN4S/c1-6-7-17-13(14-10(3)18-11(4)21-14)8-12-9(2)19-20(5)15(12)16/h13,17H,6-8H2,1-5H3. The van der Waals surface area contributed by atoms with Crippen molar-refractivity contribution in [1.29, 1.82) is 0 Å². The lowest BCUT2D eigenvalue weighted by Gasteiger charge is -2.18. The third kappa shape index (κ3) is 3.65. The van der Waals surface area contributed by atoms with E-state index in [1.807, 2.05) is 14.0 Å². The van der Waals surface area contributed by atoms with Gasteiger partial charge in [-0.15, -0.1) is 11.3 Å². The average molecular weight is 327 g/mol. The van der Waals surface area contributed by atoms with Crippen LogP contribution in [0.3, 0.4) is 0 Å². The van der Waals surface area contributed by atoms with Gasteiger partial charge in [0.15, 0.2) is 0 Å². The molecule has 2 heterocycles. The number of nitrogens with zero attached hydrogens (tertiary/aromatic N) is 3. The number of nitrogens with one attached hydrogen (secondary N) is 1. The second kappa shape index (κ2) is 6.90. The molecule has 6 heteroatoms. The third-order valence-electron chi connectivity index (χ3n) is 3.57. The Morgan fingerprint density at radius 3 is 2.48 bits per heavy atom. The van der Waals surface area contributed by atoms with Crippen molar-refractivity contribution in [3.8, 4) is 0 Å². The Balaban J connectivity index is 2.30. The first-order chi connectivity index (χ1) is 9.93. The summed E-state index contributed by atoms with van der Waals surface area (Å²) in [6.45, 7) is 9.31. The van der Waals surface area contributed by atoms with Gasteiger partial charge in [0.05, 0.1) is 16.4 Å². The predicted molar refractivity (Wildman–Crippen MR) is 89.3 cm³/mol. The largest absolute Gasteiger partial charge is 0.309 e. The van der Waals surface area contributed by atoms with Crippen LogP contribution in [0.25, 0.3) is 0 Å². The van der Waals surface area contributed by atoms with Gasteiger partial charge in [0.2, 0.25) is 0 Å². The van der Waals surface area contributed by atoms with E-state index in [9.17, 15) is 0 Å². The van der Waals surface area contributed by atoms with Gasteiger partial charge in [-0.2, -0.15) is 5.10 Å². The van der Waals surface area contributed by atoms with Crippen LogP contribution in [0.2, 0.25) is 5.15 Å². The van der Waals surface area contributed by atoms with Crippen molar-refractivity contribution in [3.63, 3.8) is 0 Å². The van der Waals surface area contributed by atoms with Gasteiger partial charge in [-0.25, -0.2) is 4.98 Å². The van der Waals surface area contributed by atoms with Crippen LogP contribution < -0.4 is 5.32 Å². The van der Waals surface area contributed by atoms with Crippen molar-refractivity contribution in [2.24, 2.45) is 7.05 Å². The van der Waals surface area contributed by atoms with Crippen molar-refractivity contribution in [1.82, 2.24) is 20.1 Å². The summed E-state index contributed by atoms with van der Waals surface area (Å²) >= 11 is 8.15. The molecule has 0 aliphatic carbocycles. The van der Waals surface area contributed by atoms with E-state index < -0.39 is 0 Å². The molecule has 0 saturated carbocycles. The lowest BCUT2D eigenvalue weighted by molar-refractivity contribution is 0.533. The highest BCUT2D eigenvalue weighted by Gasteiger charge is 2.21. The first-order valence-corrected chi connectivity index (χ1v) is 8.48. The SMILES string of the molecule is CCCNC(Cc1c(C)nn(C)c1Cl)c1sc(C)nc1C. The quantitative estimate of drug-likeness (QED) is 0.879. The molecule has 0 radical (unpaired) electrons. The van der Waals surface area contributed by atoms with Crippen LogP contribution in [0, 0.1) is 20.8 Å². The summed E-state index contributed by atoms with van der Waals surface area (Å²) in [5, 5.41) is 9.88. The van der Waals surface area contributed by atoms with E-state index in [2.05, 4.69) is 36.2 Å². The summed E-state index contributed by atoms with van der Waals surface area (Å²) in [6.07, 6.45) is 1.95. The molecule has 0 saturated heterocycles. The van der Waals surface area contributed by atoms with Crippen LogP contribution in [0.15, 0.2) is 0 Å². The van der Waals surface area contributed by atoms with Gasteiger partial charge < -0.3 is 5.32 Å². The molecule has 2 aromatic rings. The molecule has 1 atom stereocenters. The van der Waals surface area contributed by atoms with Crippen molar-refractivity contribution >= 4 is 22.9 Å². The molecular formula is C15H23ClN4S. The molecule has 0 fully saturated rings. The number of hydrogen-bond acceptors (Lipinski definition) is 4. The zero-order chi connectivity index (χ0) is 15.6. The fourth-order valence-electron chi connectivity index (χ4n) is 2.56. The first kappa shape index (κ1) is 16.5. The van der Waals surface area contributed by atoms with E-state index in [0.29, 0.717) is 0 Å².